The SMILES string of the molecule is CC(F)(c1ccc(O)cc1)C1CCC1. The predicted octanol–water partition coefficient (Wildman–Crippen LogP) is 3.38. The molecule has 0 aliphatic heterocycles. The first-order valence-corrected chi connectivity index (χ1v) is 5.09. The van der Waals surface area contributed by atoms with Crippen LogP contribution >= 0.6 is 0 Å². The molecule has 14 heavy (non-hydrogen) atoms. The lowest BCUT2D eigenvalue weighted by Gasteiger charge is -2.37. The molecule has 1 unspecified atom stereocenters. The topological polar surface area (TPSA) is 20.2 Å². The van der Waals surface area contributed by atoms with Gasteiger partial charge in [-0.15, -0.1) is 0 Å². The van der Waals surface area contributed by atoms with E-state index in [9.17, 15) is 4.39 Å². The third kappa shape index (κ3) is 1.49. The van der Waals surface area contributed by atoms with Gasteiger partial charge in [0, 0.05) is 0 Å². The van der Waals surface area contributed by atoms with Crippen LogP contribution in [0.3, 0.4) is 0 Å². The van der Waals surface area contributed by atoms with Crippen LogP contribution in [0, 0.1) is 5.92 Å². The number of phenolic OH excluding ortho intramolecular Hbond substituents is 1. The predicted molar refractivity (Wildman–Crippen MR) is 53.9 cm³/mol. The largest absolute Gasteiger partial charge is 0.508 e. The molecular weight excluding hydrogens is 179 g/mol. The third-order valence-electron chi connectivity index (χ3n) is 3.30. The molecule has 0 amide bonds. The maximum Gasteiger partial charge on any atom is 0.136 e. The molecule has 1 fully saturated rings. The summed E-state index contributed by atoms with van der Waals surface area (Å²) < 4.78 is 14.3. The molecule has 2 rings (SSSR count). The Kier molecular flexibility index (Phi) is 2.22. The van der Waals surface area contributed by atoms with E-state index in [0.717, 1.165) is 19.3 Å². The van der Waals surface area contributed by atoms with Crippen LogP contribution in [0.25, 0.3) is 0 Å². The van der Waals surface area contributed by atoms with Crippen molar-refractivity contribution in [2.24, 2.45) is 5.92 Å². The van der Waals surface area contributed by atoms with Crippen LogP contribution in [0.4, 0.5) is 4.39 Å². The minimum absolute atomic E-state index is 0.159. The normalized spacial score (nSPS) is 21.3. The zero-order chi connectivity index (χ0) is 10.2. The summed E-state index contributed by atoms with van der Waals surface area (Å²) >= 11 is 0. The van der Waals surface area contributed by atoms with Crippen LogP contribution in [0.2, 0.25) is 0 Å². The number of hydrogen-bond donors (Lipinski definition) is 1. The molecule has 0 heterocycles. The Labute approximate surface area is 83.6 Å². The van der Waals surface area contributed by atoms with Crippen molar-refractivity contribution < 1.29 is 9.50 Å². The van der Waals surface area contributed by atoms with Crippen LogP contribution in [0.5, 0.6) is 5.75 Å². The fraction of sp³-hybridized carbons (Fsp3) is 0.500. The van der Waals surface area contributed by atoms with E-state index in [0.29, 0.717) is 5.56 Å². The zero-order valence-electron chi connectivity index (χ0n) is 8.33. The Morgan fingerprint density at radius 2 is 1.86 bits per heavy atom. The lowest BCUT2D eigenvalue weighted by atomic mass is 9.72. The second-order valence-electron chi connectivity index (χ2n) is 4.25. The molecular formula is C12H15FO. The highest BCUT2D eigenvalue weighted by Crippen LogP contribution is 2.45. The van der Waals surface area contributed by atoms with E-state index in [1.165, 1.54) is 0 Å². The number of phenols is 1. The van der Waals surface area contributed by atoms with Gasteiger partial charge < -0.3 is 5.11 Å². The molecule has 0 radical (unpaired) electrons. The van der Waals surface area contributed by atoms with Gasteiger partial charge in [-0.25, -0.2) is 4.39 Å². The molecule has 1 saturated carbocycles. The van der Waals surface area contributed by atoms with Crippen LogP contribution in [0.15, 0.2) is 24.3 Å². The van der Waals surface area contributed by atoms with Gasteiger partial charge in [-0.1, -0.05) is 18.6 Å². The first-order chi connectivity index (χ1) is 6.60. The highest BCUT2D eigenvalue weighted by Gasteiger charge is 2.39. The molecule has 1 N–H and O–H groups in total. The van der Waals surface area contributed by atoms with Crippen molar-refractivity contribution in [2.45, 2.75) is 31.9 Å². The van der Waals surface area contributed by atoms with E-state index in [1.807, 2.05) is 0 Å². The monoisotopic (exact) mass is 194 g/mol. The molecule has 1 nitrogen and oxygen atoms in total. The molecule has 1 aliphatic rings. The van der Waals surface area contributed by atoms with Crippen LogP contribution in [-0.4, -0.2) is 5.11 Å². The summed E-state index contributed by atoms with van der Waals surface area (Å²) in [6, 6.07) is 6.44. The first kappa shape index (κ1) is 9.50. The molecule has 0 saturated heterocycles. The first-order valence-electron chi connectivity index (χ1n) is 5.09. The van der Waals surface area contributed by atoms with Crippen molar-refractivity contribution in [3.05, 3.63) is 29.8 Å². The van der Waals surface area contributed by atoms with Gasteiger partial charge in [0.1, 0.15) is 11.4 Å². The van der Waals surface area contributed by atoms with Crippen LogP contribution in [0.1, 0.15) is 31.7 Å². The van der Waals surface area contributed by atoms with Gasteiger partial charge in [0.05, 0.1) is 0 Å². The highest BCUT2D eigenvalue weighted by atomic mass is 19.1. The van der Waals surface area contributed by atoms with Crippen molar-refractivity contribution in [3.8, 4) is 5.75 Å². The average molecular weight is 194 g/mol. The minimum atomic E-state index is -1.23. The quantitative estimate of drug-likeness (QED) is 0.765. The van der Waals surface area contributed by atoms with Crippen LogP contribution in [-0.2, 0) is 5.67 Å². The maximum atomic E-state index is 14.3. The van der Waals surface area contributed by atoms with Crippen LogP contribution < -0.4 is 0 Å². The van der Waals surface area contributed by atoms with Gasteiger partial charge in [-0.2, -0.15) is 0 Å². The highest BCUT2D eigenvalue weighted by molar-refractivity contribution is 5.30. The number of halogens is 1. The lowest BCUT2D eigenvalue weighted by molar-refractivity contribution is 0.0463. The second-order valence-corrected chi connectivity index (χ2v) is 4.25. The van der Waals surface area contributed by atoms with Crippen molar-refractivity contribution in [2.75, 3.05) is 0 Å². The summed E-state index contributed by atoms with van der Waals surface area (Å²) in [6.07, 6.45) is 3.10. The molecule has 76 valence electrons. The van der Waals surface area contributed by atoms with E-state index in [-0.39, 0.29) is 11.7 Å². The van der Waals surface area contributed by atoms with E-state index >= 15 is 0 Å². The Morgan fingerprint density at radius 1 is 1.29 bits per heavy atom. The molecule has 0 bridgehead atoms. The Morgan fingerprint density at radius 3 is 2.29 bits per heavy atom. The second kappa shape index (κ2) is 3.26. The number of hydrogen-bond acceptors (Lipinski definition) is 1. The van der Waals surface area contributed by atoms with Gasteiger partial charge in [0.25, 0.3) is 0 Å². The fourth-order valence-electron chi connectivity index (χ4n) is 1.97. The summed E-state index contributed by atoms with van der Waals surface area (Å²) in [6.45, 7) is 1.64. The number of aromatic hydroxyl groups is 1. The third-order valence-corrected chi connectivity index (χ3v) is 3.30. The van der Waals surface area contributed by atoms with E-state index in [1.54, 1.807) is 31.2 Å². The molecule has 0 aromatic heterocycles. The summed E-state index contributed by atoms with van der Waals surface area (Å²) in [4.78, 5) is 0. The summed E-state index contributed by atoms with van der Waals surface area (Å²) in [7, 11) is 0. The smallest absolute Gasteiger partial charge is 0.136 e. The maximum absolute atomic E-state index is 14.3. The van der Waals surface area contributed by atoms with Crippen molar-refractivity contribution in [3.63, 3.8) is 0 Å². The standard InChI is InChI=1S/C12H15FO/c1-12(13,9-3-2-4-9)10-5-7-11(14)8-6-10/h5-9,14H,2-4H2,1H3. The van der Waals surface area contributed by atoms with Crippen molar-refractivity contribution in [1.29, 1.82) is 0 Å². The van der Waals surface area contributed by atoms with Gasteiger partial charge in [-0.3, -0.25) is 0 Å². The Balaban J connectivity index is 2.23. The number of alkyl halides is 1. The fourth-order valence-corrected chi connectivity index (χ4v) is 1.97. The lowest BCUT2D eigenvalue weighted by Crippen LogP contribution is -2.32. The Bertz CT molecular complexity index is 312. The van der Waals surface area contributed by atoms with Gasteiger partial charge in [0.2, 0.25) is 0 Å². The molecule has 0 spiro atoms. The number of benzene rings is 1. The average Bonchev–Trinajstić information content (AvgIpc) is 2.00. The summed E-state index contributed by atoms with van der Waals surface area (Å²) in [5.41, 5.74) is -0.550. The molecule has 1 aliphatic carbocycles. The van der Waals surface area contributed by atoms with Gasteiger partial charge in [0.15, 0.2) is 0 Å². The Hall–Kier alpha value is -1.05. The van der Waals surface area contributed by atoms with E-state index in [4.69, 9.17) is 5.11 Å². The zero-order valence-corrected chi connectivity index (χ0v) is 8.33. The molecule has 1 aromatic carbocycles. The molecule has 1 atom stereocenters. The molecule has 2 heteroatoms. The summed E-state index contributed by atoms with van der Waals surface area (Å²) in [5, 5.41) is 9.11. The van der Waals surface area contributed by atoms with Crippen molar-refractivity contribution >= 4 is 0 Å². The summed E-state index contributed by atoms with van der Waals surface area (Å²) in [5.74, 6) is 0.352. The number of rotatable bonds is 2. The molecule has 1 aromatic rings. The van der Waals surface area contributed by atoms with Gasteiger partial charge in [-0.05, 0) is 43.4 Å². The van der Waals surface area contributed by atoms with Crippen molar-refractivity contribution in [1.82, 2.24) is 0 Å². The van der Waals surface area contributed by atoms with Gasteiger partial charge >= 0.3 is 0 Å². The minimum Gasteiger partial charge on any atom is -0.508 e. The van der Waals surface area contributed by atoms with E-state index < -0.39 is 5.67 Å². The van der Waals surface area contributed by atoms with E-state index in [2.05, 4.69) is 0 Å².